The third kappa shape index (κ3) is 4.43. The van der Waals surface area contributed by atoms with Crippen molar-refractivity contribution in [3.05, 3.63) is 35.4 Å². The predicted molar refractivity (Wildman–Crippen MR) is 67.9 cm³/mol. The summed E-state index contributed by atoms with van der Waals surface area (Å²) in [5.41, 5.74) is 8.23. The van der Waals surface area contributed by atoms with Crippen LogP contribution in [0.3, 0.4) is 0 Å². The summed E-state index contributed by atoms with van der Waals surface area (Å²) >= 11 is 0. The lowest BCUT2D eigenvalue weighted by molar-refractivity contribution is 0.218. The lowest BCUT2D eigenvalue weighted by Crippen LogP contribution is -2.20. The van der Waals surface area contributed by atoms with Gasteiger partial charge in [0.25, 0.3) is 0 Å². The van der Waals surface area contributed by atoms with Gasteiger partial charge in [-0.05, 0) is 12.5 Å². The van der Waals surface area contributed by atoms with E-state index in [4.69, 9.17) is 10.5 Å². The van der Waals surface area contributed by atoms with Crippen molar-refractivity contribution in [3.8, 4) is 0 Å². The molecule has 0 radical (unpaired) electrons. The standard InChI is InChI=1S/C12H19NO2S/c1-10-3-5-11(6-4-10)12(13)9-16(14)8-7-15-2/h3-6,12H,7-9,13H2,1-2H3. The van der Waals surface area contributed by atoms with Crippen molar-refractivity contribution in [2.75, 3.05) is 25.2 Å². The Morgan fingerprint density at radius 3 is 2.56 bits per heavy atom. The first kappa shape index (κ1) is 13.4. The van der Waals surface area contributed by atoms with Crippen LogP contribution < -0.4 is 5.73 Å². The van der Waals surface area contributed by atoms with Crippen LogP contribution in [0.2, 0.25) is 0 Å². The molecule has 90 valence electrons. The molecular weight excluding hydrogens is 222 g/mol. The first-order chi connectivity index (χ1) is 7.63. The van der Waals surface area contributed by atoms with E-state index < -0.39 is 10.8 Å². The third-order valence-corrected chi connectivity index (χ3v) is 3.74. The molecule has 0 heterocycles. The maximum absolute atomic E-state index is 11.6. The Balaban J connectivity index is 2.48. The van der Waals surface area contributed by atoms with Gasteiger partial charge in [-0.3, -0.25) is 4.21 Å². The Hall–Kier alpha value is -0.710. The molecule has 0 aliphatic heterocycles. The van der Waals surface area contributed by atoms with E-state index in [0.29, 0.717) is 18.1 Å². The minimum Gasteiger partial charge on any atom is -0.384 e. The minimum absolute atomic E-state index is 0.154. The molecular formula is C12H19NO2S. The Morgan fingerprint density at radius 2 is 2.00 bits per heavy atom. The van der Waals surface area contributed by atoms with Crippen molar-refractivity contribution in [1.82, 2.24) is 0 Å². The van der Waals surface area contributed by atoms with Gasteiger partial charge in [-0.1, -0.05) is 29.8 Å². The van der Waals surface area contributed by atoms with Gasteiger partial charge >= 0.3 is 0 Å². The smallest absolute Gasteiger partial charge is 0.0577 e. The zero-order chi connectivity index (χ0) is 12.0. The molecule has 0 aliphatic rings. The Bertz CT molecular complexity index is 337. The minimum atomic E-state index is -0.906. The molecule has 0 bridgehead atoms. The lowest BCUT2D eigenvalue weighted by Gasteiger charge is -2.11. The SMILES string of the molecule is COCCS(=O)CC(N)c1ccc(C)cc1. The van der Waals surface area contributed by atoms with Crippen molar-refractivity contribution in [3.63, 3.8) is 0 Å². The fourth-order valence-electron chi connectivity index (χ4n) is 1.37. The molecule has 4 heteroatoms. The molecule has 1 aromatic carbocycles. The molecule has 0 aliphatic carbocycles. The quantitative estimate of drug-likeness (QED) is 0.819. The van der Waals surface area contributed by atoms with Crippen LogP contribution >= 0.6 is 0 Å². The highest BCUT2D eigenvalue weighted by molar-refractivity contribution is 7.85. The van der Waals surface area contributed by atoms with E-state index in [9.17, 15) is 4.21 Å². The van der Waals surface area contributed by atoms with E-state index in [-0.39, 0.29) is 6.04 Å². The summed E-state index contributed by atoms with van der Waals surface area (Å²) in [6.07, 6.45) is 0. The van der Waals surface area contributed by atoms with Gasteiger partial charge in [-0.2, -0.15) is 0 Å². The number of nitrogens with two attached hydrogens (primary N) is 1. The molecule has 1 aromatic rings. The predicted octanol–water partition coefficient (Wildman–Crippen LogP) is 1.39. The van der Waals surface area contributed by atoms with Crippen molar-refractivity contribution in [1.29, 1.82) is 0 Å². The van der Waals surface area contributed by atoms with Crippen molar-refractivity contribution in [2.24, 2.45) is 5.73 Å². The molecule has 2 atom stereocenters. The number of ether oxygens (including phenoxy) is 1. The van der Waals surface area contributed by atoms with Gasteiger partial charge in [0.05, 0.1) is 6.61 Å². The second-order valence-corrected chi connectivity index (χ2v) is 5.44. The van der Waals surface area contributed by atoms with Gasteiger partial charge in [0, 0.05) is 35.5 Å². The van der Waals surface area contributed by atoms with E-state index in [1.165, 1.54) is 5.56 Å². The van der Waals surface area contributed by atoms with Gasteiger partial charge in [-0.25, -0.2) is 0 Å². The number of hydrogen-bond acceptors (Lipinski definition) is 3. The van der Waals surface area contributed by atoms with Crippen molar-refractivity contribution >= 4 is 10.8 Å². The molecule has 0 spiro atoms. The highest BCUT2D eigenvalue weighted by Crippen LogP contribution is 2.12. The summed E-state index contributed by atoms with van der Waals surface area (Å²) in [4.78, 5) is 0. The van der Waals surface area contributed by atoms with Crippen LogP contribution in [0.4, 0.5) is 0 Å². The molecule has 3 nitrogen and oxygen atoms in total. The largest absolute Gasteiger partial charge is 0.384 e. The van der Waals surface area contributed by atoms with Crippen LogP contribution in [0, 0.1) is 6.92 Å². The lowest BCUT2D eigenvalue weighted by atomic mass is 10.1. The maximum Gasteiger partial charge on any atom is 0.0577 e. The van der Waals surface area contributed by atoms with Crippen LogP contribution in [0.25, 0.3) is 0 Å². The van der Waals surface area contributed by atoms with Gasteiger partial charge in [-0.15, -0.1) is 0 Å². The summed E-state index contributed by atoms with van der Waals surface area (Å²) in [6.45, 7) is 2.55. The van der Waals surface area contributed by atoms with E-state index >= 15 is 0 Å². The average Bonchev–Trinajstić information content (AvgIpc) is 2.27. The first-order valence-corrected chi connectivity index (χ1v) is 6.78. The van der Waals surface area contributed by atoms with Gasteiger partial charge in [0.2, 0.25) is 0 Å². The maximum atomic E-state index is 11.6. The van der Waals surface area contributed by atoms with Crippen LogP contribution in [0.5, 0.6) is 0 Å². The molecule has 0 amide bonds. The Kier molecular flexibility index (Phi) is 5.66. The highest BCUT2D eigenvalue weighted by atomic mass is 32.2. The summed E-state index contributed by atoms with van der Waals surface area (Å²) in [7, 11) is 0.702. The zero-order valence-electron chi connectivity index (χ0n) is 9.81. The molecule has 1 rings (SSSR count). The zero-order valence-corrected chi connectivity index (χ0v) is 10.6. The summed E-state index contributed by atoms with van der Waals surface area (Å²) < 4.78 is 16.5. The van der Waals surface area contributed by atoms with Gasteiger partial charge in [0.15, 0.2) is 0 Å². The molecule has 2 N–H and O–H groups in total. The number of aryl methyl sites for hydroxylation is 1. The van der Waals surface area contributed by atoms with Crippen molar-refractivity contribution in [2.45, 2.75) is 13.0 Å². The van der Waals surface area contributed by atoms with Crippen LogP contribution in [0.15, 0.2) is 24.3 Å². The van der Waals surface area contributed by atoms with E-state index in [2.05, 4.69) is 0 Å². The molecule has 0 aromatic heterocycles. The van der Waals surface area contributed by atoms with E-state index in [1.807, 2.05) is 31.2 Å². The summed E-state index contributed by atoms with van der Waals surface area (Å²) in [5, 5.41) is 0. The number of benzene rings is 1. The number of methoxy groups -OCH3 is 1. The summed E-state index contributed by atoms with van der Waals surface area (Å²) in [6, 6.07) is 7.87. The monoisotopic (exact) mass is 241 g/mol. The normalized spacial score (nSPS) is 14.7. The Labute approximate surface area is 99.4 Å². The summed E-state index contributed by atoms with van der Waals surface area (Å²) in [5.74, 6) is 1.04. The topological polar surface area (TPSA) is 52.3 Å². The third-order valence-electron chi connectivity index (χ3n) is 2.39. The second kappa shape index (κ2) is 6.78. The van der Waals surface area contributed by atoms with Crippen LogP contribution in [0.1, 0.15) is 17.2 Å². The second-order valence-electron chi connectivity index (χ2n) is 3.82. The fraction of sp³-hybridized carbons (Fsp3) is 0.500. The van der Waals surface area contributed by atoms with Crippen LogP contribution in [-0.4, -0.2) is 29.4 Å². The van der Waals surface area contributed by atoms with Gasteiger partial charge < -0.3 is 10.5 Å². The molecule has 2 unspecified atom stereocenters. The van der Waals surface area contributed by atoms with E-state index in [0.717, 1.165) is 5.56 Å². The molecule has 0 fully saturated rings. The highest BCUT2D eigenvalue weighted by Gasteiger charge is 2.09. The first-order valence-electron chi connectivity index (χ1n) is 5.29. The number of rotatable bonds is 6. The Morgan fingerprint density at radius 1 is 1.38 bits per heavy atom. The van der Waals surface area contributed by atoms with E-state index in [1.54, 1.807) is 7.11 Å². The van der Waals surface area contributed by atoms with Crippen LogP contribution in [-0.2, 0) is 15.5 Å². The molecule has 0 saturated heterocycles. The number of hydrogen-bond donors (Lipinski definition) is 1. The molecule has 16 heavy (non-hydrogen) atoms. The fourth-order valence-corrected chi connectivity index (χ4v) is 2.48. The average molecular weight is 241 g/mol. The van der Waals surface area contributed by atoms with Crippen molar-refractivity contribution < 1.29 is 8.95 Å². The van der Waals surface area contributed by atoms with Gasteiger partial charge in [0.1, 0.15) is 0 Å². The molecule has 0 saturated carbocycles.